The Bertz CT molecular complexity index is 381. The van der Waals surface area contributed by atoms with E-state index in [1.54, 1.807) is 12.1 Å². The number of hydrogen-bond donors (Lipinski definition) is 3. The summed E-state index contributed by atoms with van der Waals surface area (Å²) in [6.07, 6.45) is 1.85. The Morgan fingerprint density at radius 1 is 1.53 bits per heavy atom. The van der Waals surface area contributed by atoms with Gasteiger partial charge in [-0.2, -0.15) is 5.26 Å². The highest BCUT2D eigenvalue weighted by molar-refractivity contribution is 5.83. The largest absolute Gasteiger partial charge is 0.508 e. The second-order valence-corrected chi connectivity index (χ2v) is 3.08. The third kappa shape index (κ3) is 3.29. The molecule has 5 heteroatoms. The second-order valence-electron chi connectivity index (χ2n) is 3.08. The van der Waals surface area contributed by atoms with Crippen molar-refractivity contribution in [2.45, 2.75) is 12.5 Å². The van der Waals surface area contributed by atoms with Gasteiger partial charge >= 0.3 is 0 Å². The van der Waals surface area contributed by atoms with Crippen LogP contribution in [0.3, 0.4) is 0 Å². The number of nitrogens with one attached hydrogen (secondary N) is 1. The zero-order chi connectivity index (χ0) is 11.3. The summed E-state index contributed by atoms with van der Waals surface area (Å²) in [6, 6.07) is 5.63. The first-order valence-corrected chi connectivity index (χ1v) is 4.36. The number of hydrogen-bond acceptors (Lipinski definition) is 4. The number of rotatable bonds is 3. The summed E-state index contributed by atoms with van der Waals surface area (Å²) in [5.41, 5.74) is 6.37. The van der Waals surface area contributed by atoms with Crippen molar-refractivity contribution in [2.75, 3.05) is 0 Å². The number of aromatic hydroxyl groups is 1. The number of benzene rings is 1. The van der Waals surface area contributed by atoms with E-state index in [0.717, 1.165) is 5.56 Å². The second kappa shape index (κ2) is 4.98. The van der Waals surface area contributed by atoms with E-state index in [9.17, 15) is 4.79 Å². The molecule has 0 aliphatic carbocycles. The number of phenols is 1. The molecule has 1 atom stereocenters. The SMILES string of the molecule is N#CNC(=O)C(N)Cc1ccc(O)cc1. The molecule has 15 heavy (non-hydrogen) atoms. The summed E-state index contributed by atoms with van der Waals surface area (Å²) in [6.45, 7) is 0. The lowest BCUT2D eigenvalue weighted by Gasteiger charge is -2.08. The third-order valence-electron chi connectivity index (χ3n) is 1.91. The van der Waals surface area contributed by atoms with Crippen LogP contribution in [-0.4, -0.2) is 17.1 Å². The Balaban J connectivity index is 2.59. The molecule has 1 aromatic rings. The predicted octanol–water partition coefficient (Wildman–Crippen LogP) is -0.141. The van der Waals surface area contributed by atoms with E-state index >= 15 is 0 Å². The van der Waals surface area contributed by atoms with Gasteiger partial charge in [0, 0.05) is 0 Å². The molecule has 5 nitrogen and oxygen atoms in total. The van der Waals surface area contributed by atoms with Gasteiger partial charge in [0.15, 0.2) is 6.19 Å². The van der Waals surface area contributed by atoms with E-state index in [2.05, 4.69) is 0 Å². The first kappa shape index (κ1) is 11.0. The van der Waals surface area contributed by atoms with Gasteiger partial charge in [-0.25, -0.2) is 0 Å². The standard InChI is InChI=1S/C10H11N3O2/c11-6-13-10(15)9(12)5-7-1-3-8(14)4-2-7/h1-4,9,14H,5,12H2,(H,13,15). The molecule has 1 aromatic carbocycles. The molecule has 4 N–H and O–H groups in total. The highest BCUT2D eigenvalue weighted by Gasteiger charge is 2.13. The van der Waals surface area contributed by atoms with Gasteiger partial charge in [-0.3, -0.25) is 10.1 Å². The summed E-state index contributed by atoms with van der Waals surface area (Å²) in [7, 11) is 0. The molecule has 0 aliphatic heterocycles. The van der Waals surface area contributed by atoms with E-state index in [-0.39, 0.29) is 5.75 Å². The maximum Gasteiger partial charge on any atom is 0.250 e. The fourth-order valence-electron chi connectivity index (χ4n) is 1.13. The lowest BCUT2D eigenvalue weighted by molar-refractivity contribution is -0.121. The maximum absolute atomic E-state index is 11.1. The van der Waals surface area contributed by atoms with Crippen molar-refractivity contribution in [3.8, 4) is 11.9 Å². The van der Waals surface area contributed by atoms with Crippen molar-refractivity contribution in [3.63, 3.8) is 0 Å². The highest BCUT2D eigenvalue weighted by Crippen LogP contribution is 2.10. The Morgan fingerprint density at radius 3 is 2.67 bits per heavy atom. The van der Waals surface area contributed by atoms with Crippen LogP contribution in [0.4, 0.5) is 0 Å². The zero-order valence-corrected chi connectivity index (χ0v) is 7.97. The van der Waals surface area contributed by atoms with Crippen molar-refractivity contribution >= 4 is 5.91 Å². The number of nitriles is 1. The van der Waals surface area contributed by atoms with E-state index in [4.69, 9.17) is 16.1 Å². The average molecular weight is 205 g/mol. The number of amides is 1. The molecular formula is C10H11N3O2. The minimum atomic E-state index is -0.755. The number of nitrogens with zero attached hydrogens (tertiary/aromatic N) is 1. The van der Waals surface area contributed by atoms with Crippen LogP contribution in [0.5, 0.6) is 5.75 Å². The minimum Gasteiger partial charge on any atom is -0.508 e. The predicted molar refractivity (Wildman–Crippen MR) is 53.5 cm³/mol. The maximum atomic E-state index is 11.1. The Morgan fingerprint density at radius 2 is 2.13 bits per heavy atom. The molecule has 0 saturated heterocycles. The molecule has 0 heterocycles. The third-order valence-corrected chi connectivity index (χ3v) is 1.91. The molecular weight excluding hydrogens is 194 g/mol. The van der Waals surface area contributed by atoms with E-state index in [1.807, 2.05) is 5.32 Å². The highest BCUT2D eigenvalue weighted by atomic mass is 16.3. The van der Waals surface area contributed by atoms with Crippen LogP contribution in [0.1, 0.15) is 5.56 Å². The molecule has 1 unspecified atom stereocenters. The summed E-state index contributed by atoms with van der Waals surface area (Å²) in [5, 5.41) is 19.2. The fraction of sp³-hybridized carbons (Fsp3) is 0.200. The molecule has 0 aromatic heterocycles. The molecule has 1 amide bonds. The molecule has 0 saturated carbocycles. The molecule has 0 fully saturated rings. The van der Waals surface area contributed by atoms with Crippen LogP contribution < -0.4 is 11.1 Å². The van der Waals surface area contributed by atoms with Crippen LogP contribution in [-0.2, 0) is 11.2 Å². The summed E-state index contributed by atoms with van der Waals surface area (Å²) in [5.74, 6) is -0.348. The summed E-state index contributed by atoms with van der Waals surface area (Å²) in [4.78, 5) is 11.1. The van der Waals surface area contributed by atoms with Gasteiger partial charge in [0.05, 0.1) is 6.04 Å². The van der Waals surface area contributed by atoms with Crippen LogP contribution in [0.15, 0.2) is 24.3 Å². The van der Waals surface area contributed by atoms with Crippen molar-refractivity contribution in [2.24, 2.45) is 5.73 Å². The Kier molecular flexibility index (Phi) is 3.66. The number of carbonyl (C=O) groups excluding carboxylic acids is 1. The molecule has 0 spiro atoms. The Labute approximate surface area is 87.1 Å². The topological polar surface area (TPSA) is 99.1 Å². The Hall–Kier alpha value is -2.06. The number of phenolic OH excluding ortho intramolecular Hbond substituents is 1. The van der Waals surface area contributed by atoms with Crippen LogP contribution >= 0.6 is 0 Å². The monoisotopic (exact) mass is 205 g/mol. The summed E-state index contributed by atoms with van der Waals surface area (Å²) < 4.78 is 0. The van der Waals surface area contributed by atoms with Crippen molar-refractivity contribution in [3.05, 3.63) is 29.8 Å². The van der Waals surface area contributed by atoms with Crippen molar-refractivity contribution < 1.29 is 9.90 Å². The minimum absolute atomic E-state index is 0.161. The van der Waals surface area contributed by atoms with Gasteiger partial charge in [-0.15, -0.1) is 0 Å². The van der Waals surface area contributed by atoms with Gasteiger partial charge in [0.1, 0.15) is 5.75 Å². The van der Waals surface area contributed by atoms with Gasteiger partial charge < -0.3 is 10.8 Å². The molecule has 1 rings (SSSR count). The van der Waals surface area contributed by atoms with E-state index < -0.39 is 11.9 Å². The van der Waals surface area contributed by atoms with Gasteiger partial charge in [-0.05, 0) is 24.1 Å². The zero-order valence-electron chi connectivity index (χ0n) is 7.97. The van der Waals surface area contributed by atoms with Crippen LogP contribution in [0.2, 0.25) is 0 Å². The normalized spacial score (nSPS) is 11.5. The molecule has 78 valence electrons. The van der Waals surface area contributed by atoms with Gasteiger partial charge in [0.2, 0.25) is 5.91 Å². The van der Waals surface area contributed by atoms with E-state index in [1.165, 1.54) is 18.3 Å². The first-order valence-electron chi connectivity index (χ1n) is 4.36. The molecule has 0 aliphatic rings. The smallest absolute Gasteiger partial charge is 0.250 e. The molecule has 0 radical (unpaired) electrons. The van der Waals surface area contributed by atoms with Crippen molar-refractivity contribution in [1.82, 2.24) is 5.32 Å². The number of nitrogens with two attached hydrogens (primary N) is 1. The quantitative estimate of drug-likeness (QED) is 0.472. The lowest BCUT2D eigenvalue weighted by Crippen LogP contribution is -2.39. The first-order chi connectivity index (χ1) is 7.13. The van der Waals surface area contributed by atoms with Crippen LogP contribution in [0.25, 0.3) is 0 Å². The number of carbonyl (C=O) groups is 1. The van der Waals surface area contributed by atoms with Crippen molar-refractivity contribution in [1.29, 1.82) is 5.26 Å². The summed E-state index contributed by atoms with van der Waals surface area (Å²) >= 11 is 0. The molecule has 0 bridgehead atoms. The van der Waals surface area contributed by atoms with Gasteiger partial charge in [-0.1, -0.05) is 12.1 Å². The van der Waals surface area contributed by atoms with Crippen LogP contribution in [0, 0.1) is 11.5 Å². The average Bonchev–Trinajstić information content (AvgIpc) is 2.22. The fourth-order valence-corrected chi connectivity index (χ4v) is 1.13. The lowest BCUT2D eigenvalue weighted by atomic mass is 10.1. The van der Waals surface area contributed by atoms with E-state index in [0.29, 0.717) is 6.42 Å². The van der Waals surface area contributed by atoms with Gasteiger partial charge in [0.25, 0.3) is 0 Å².